The number of amides is 3. The summed E-state index contributed by atoms with van der Waals surface area (Å²) in [6.07, 6.45) is 3.95. The van der Waals surface area contributed by atoms with Crippen LogP contribution in [-0.2, 0) is 26.0 Å². The fourth-order valence-electron chi connectivity index (χ4n) is 6.73. The van der Waals surface area contributed by atoms with E-state index in [9.17, 15) is 22.8 Å². The second kappa shape index (κ2) is 10.4. The lowest BCUT2D eigenvalue weighted by molar-refractivity contribution is -0.134. The molecule has 9 nitrogen and oxygen atoms in total. The van der Waals surface area contributed by atoms with Crippen LogP contribution in [0.3, 0.4) is 0 Å². The molecule has 0 aromatic heterocycles. The minimum absolute atomic E-state index is 0.0788. The van der Waals surface area contributed by atoms with Crippen LogP contribution in [0, 0.1) is 11.8 Å². The number of benzene rings is 2. The predicted octanol–water partition coefficient (Wildman–Crippen LogP) is 2.33. The van der Waals surface area contributed by atoms with E-state index < -0.39 is 21.4 Å². The number of ketones is 1. The third kappa shape index (κ3) is 5.08. The molecule has 0 bridgehead atoms. The van der Waals surface area contributed by atoms with E-state index in [1.807, 2.05) is 18.2 Å². The van der Waals surface area contributed by atoms with Crippen molar-refractivity contribution in [1.29, 1.82) is 0 Å². The molecular formula is C30H36N4O5S. The number of carbonyl (C=O) groups excluding carboxylic acids is 3. The van der Waals surface area contributed by atoms with Gasteiger partial charge in [-0.15, -0.1) is 0 Å². The standard InChI is InChI=1S/C30H36N4O5S/c1-40(38,39)23-11-7-20(8-12-23)19-34-28(36)30(32-29(34)37)13-15-33(16-14-30)26(27(35)22-9-10-22)25-18-31-17-24(25)21-5-3-2-4-6-21/h2-8,11-12,22,24-26,31H,9-10,13-19H2,1H3,(H,32,37)/t24-,25-,26?/m1/s1. The highest BCUT2D eigenvalue weighted by atomic mass is 32.2. The van der Waals surface area contributed by atoms with Crippen LogP contribution in [0.15, 0.2) is 59.5 Å². The maximum absolute atomic E-state index is 13.7. The van der Waals surface area contributed by atoms with Gasteiger partial charge in [0.1, 0.15) is 5.54 Å². The third-order valence-corrected chi connectivity index (χ3v) is 10.3. The van der Waals surface area contributed by atoms with Gasteiger partial charge in [-0.25, -0.2) is 13.2 Å². The van der Waals surface area contributed by atoms with Gasteiger partial charge in [0.2, 0.25) is 0 Å². The van der Waals surface area contributed by atoms with Crippen molar-refractivity contribution < 1.29 is 22.8 Å². The molecule has 3 aliphatic heterocycles. The van der Waals surface area contributed by atoms with Crippen LogP contribution in [-0.4, -0.2) is 80.0 Å². The molecule has 10 heteroatoms. The van der Waals surface area contributed by atoms with Crippen molar-refractivity contribution in [3.8, 4) is 0 Å². The number of nitrogens with zero attached hydrogens (tertiary/aromatic N) is 2. The first-order valence-electron chi connectivity index (χ1n) is 14.1. The second-order valence-corrected chi connectivity index (χ2v) is 13.8. The molecule has 2 aromatic carbocycles. The van der Waals surface area contributed by atoms with E-state index in [2.05, 4.69) is 27.7 Å². The zero-order valence-electron chi connectivity index (χ0n) is 22.7. The van der Waals surface area contributed by atoms with E-state index in [0.717, 1.165) is 32.2 Å². The highest BCUT2D eigenvalue weighted by Gasteiger charge is 2.54. The molecule has 3 heterocycles. The average molecular weight is 565 g/mol. The van der Waals surface area contributed by atoms with Crippen molar-refractivity contribution in [3.05, 3.63) is 65.7 Å². The summed E-state index contributed by atoms with van der Waals surface area (Å²) in [6, 6.07) is 16.0. The summed E-state index contributed by atoms with van der Waals surface area (Å²) < 4.78 is 23.5. The zero-order valence-corrected chi connectivity index (χ0v) is 23.5. The number of sulfone groups is 1. The number of urea groups is 1. The van der Waals surface area contributed by atoms with Crippen molar-refractivity contribution in [2.24, 2.45) is 11.8 Å². The molecule has 1 saturated carbocycles. The molecule has 4 aliphatic rings. The zero-order chi connectivity index (χ0) is 28.1. The van der Waals surface area contributed by atoms with Gasteiger partial charge in [0.15, 0.2) is 15.6 Å². The highest BCUT2D eigenvalue weighted by molar-refractivity contribution is 7.90. The second-order valence-electron chi connectivity index (χ2n) is 11.8. The van der Waals surface area contributed by atoms with E-state index in [0.29, 0.717) is 37.3 Å². The summed E-state index contributed by atoms with van der Waals surface area (Å²) in [7, 11) is -3.33. The number of piperidine rings is 1. The van der Waals surface area contributed by atoms with E-state index in [1.165, 1.54) is 22.6 Å². The van der Waals surface area contributed by atoms with Crippen LogP contribution in [0.1, 0.15) is 42.7 Å². The molecule has 1 spiro atoms. The quantitative estimate of drug-likeness (QED) is 0.473. The third-order valence-electron chi connectivity index (χ3n) is 9.15. The lowest BCUT2D eigenvalue weighted by Gasteiger charge is -2.43. The molecule has 0 radical (unpaired) electrons. The number of Topliss-reactive ketones (excluding diaryl/α,β-unsaturated/α-hetero) is 1. The minimum atomic E-state index is -3.33. The molecular weight excluding hydrogens is 528 g/mol. The molecule has 212 valence electrons. The van der Waals surface area contributed by atoms with Gasteiger partial charge in [-0.2, -0.15) is 0 Å². The number of hydrogen-bond acceptors (Lipinski definition) is 7. The van der Waals surface area contributed by atoms with Crippen molar-refractivity contribution in [2.45, 2.75) is 54.6 Å². The molecule has 40 heavy (non-hydrogen) atoms. The first kappa shape index (κ1) is 27.1. The topological polar surface area (TPSA) is 116 Å². The summed E-state index contributed by atoms with van der Waals surface area (Å²) in [5.41, 5.74) is 0.958. The van der Waals surface area contributed by atoms with Gasteiger partial charge in [0.25, 0.3) is 5.91 Å². The Hall–Kier alpha value is -3.08. The molecule has 3 atom stereocenters. The Kier molecular flexibility index (Phi) is 7.04. The van der Waals surface area contributed by atoms with Gasteiger partial charge in [0, 0.05) is 50.2 Å². The lowest BCUT2D eigenvalue weighted by Crippen LogP contribution is -2.59. The van der Waals surface area contributed by atoms with Gasteiger partial charge in [-0.1, -0.05) is 42.5 Å². The normalized spacial score (nSPS) is 25.8. The van der Waals surface area contributed by atoms with Gasteiger partial charge < -0.3 is 10.6 Å². The lowest BCUT2D eigenvalue weighted by atomic mass is 9.78. The number of nitrogens with one attached hydrogen (secondary N) is 2. The molecule has 3 saturated heterocycles. The van der Waals surface area contributed by atoms with E-state index >= 15 is 0 Å². The Bertz CT molecular complexity index is 1400. The molecule has 2 N–H and O–H groups in total. The molecule has 1 unspecified atom stereocenters. The van der Waals surface area contributed by atoms with E-state index in [1.54, 1.807) is 12.1 Å². The number of carbonyl (C=O) groups is 3. The van der Waals surface area contributed by atoms with Crippen LogP contribution in [0.4, 0.5) is 4.79 Å². The first-order chi connectivity index (χ1) is 19.2. The van der Waals surface area contributed by atoms with Gasteiger partial charge >= 0.3 is 6.03 Å². The van der Waals surface area contributed by atoms with Crippen LogP contribution in [0.5, 0.6) is 0 Å². The van der Waals surface area contributed by atoms with E-state index in [4.69, 9.17) is 0 Å². The summed E-state index contributed by atoms with van der Waals surface area (Å²) in [5.74, 6) is 0.618. The maximum atomic E-state index is 13.7. The Morgan fingerprint density at radius 2 is 1.68 bits per heavy atom. The van der Waals surface area contributed by atoms with Crippen molar-refractivity contribution in [2.75, 3.05) is 32.4 Å². The van der Waals surface area contributed by atoms with Crippen molar-refractivity contribution in [1.82, 2.24) is 20.4 Å². The largest absolute Gasteiger partial charge is 0.325 e. The number of imide groups is 1. The summed E-state index contributed by atoms with van der Waals surface area (Å²) in [6.45, 7) is 2.82. The molecule has 1 aliphatic carbocycles. The molecule has 3 amide bonds. The smallest absolute Gasteiger partial charge is 0.323 e. The predicted molar refractivity (Wildman–Crippen MR) is 149 cm³/mol. The molecule has 2 aromatic rings. The van der Waals surface area contributed by atoms with Gasteiger partial charge in [-0.05, 0) is 48.9 Å². The minimum Gasteiger partial charge on any atom is -0.323 e. The highest BCUT2D eigenvalue weighted by Crippen LogP contribution is 2.41. The van der Waals surface area contributed by atoms with Crippen LogP contribution in [0.2, 0.25) is 0 Å². The SMILES string of the molecule is CS(=O)(=O)c1ccc(CN2C(=O)NC3(CCN(C(C(=O)C4CC4)[C@@H]4CNC[C@@H]4c4ccccc4)CC3)C2=O)cc1. The average Bonchev–Trinajstić information content (AvgIpc) is 3.65. The first-order valence-corrected chi connectivity index (χ1v) is 16.0. The van der Waals surface area contributed by atoms with Crippen LogP contribution in [0.25, 0.3) is 0 Å². The molecule has 4 fully saturated rings. The summed E-state index contributed by atoms with van der Waals surface area (Å²) in [5, 5.41) is 6.50. The Labute approximate surface area is 235 Å². The maximum Gasteiger partial charge on any atom is 0.325 e. The van der Waals surface area contributed by atoms with Crippen LogP contribution >= 0.6 is 0 Å². The van der Waals surface area contributed by atoms with Crippen molar-refractivity contribution >= 4 is 27.6 Å². The Morgan fingerprint density at radius 1 is 1.00 bits per heavy atom. The number of hydrogen-bond donors (Lipinski definition) is 2. The van der Waals surface area contributed by atoms with Crippen LogP contribution < -0.4 is 10.6 Å². The monoisotopic (exact) mass is 564 g/mol. The summed E-state index contributed by atoms with van der Waals surface area (Å²) in [4.78, 5) is 43.9. The fourth-order valence-corrected chi connectivity index (χ4v) is 7.36. The number of rotatable bonds is 8. The number of likely N-dealkylation sites (tertiary alicyclic amines) is 1. The summed E-state index contributed by atoms with van der Waals surface area (Å²) >= 11 is 0. The van der Waals surface area contributed by atoms with Crippen molar-refractivity contribution in [3.63, 3.8) is 0 Å². The van der Waals surface area contributed by atoms with Gasteiger partial charge in [0.05, 0.1) is 17.5 Å². The van der Waals surface area contributed by atoms with E-state index in [-0.39, 0.29) is 41.1 Å². The molecule has 6 rings (SSSR count). The fraction of sp³-hybridized carbons (Fsp3) is 0.500. The van der Waals surface area contributed by atoms with Gasteiger partial charge in [-0.3, -0.25) is 19.4 Å². The Balaban J connectivity index is 1.16. The Morgan fingerprint density at radius 3 is 2.30 bits per heavy atom.